The molecular weight excluding hydrogens is 254 g/mol. The molecule has 2 aromatic carbocycles. The third kappa shape index (κ3) is 3.14. The first-order valence-corrected chi connectivity index (χ1v) is 6.08. The smallest absolute Gasteiger partial charge is 0.252 e. The van der Waals surface area contributed by atoms with Crippen LogP contribution in [0.2, 0.25) is 0 Å². The Bertz CT molecular complexity index is 626. The first kappa shape index (κ1) is 13.6. The van der Waals surface area contributed by atoms with Crippen molar-refractivity contribution in [1.29, 1.82) is 0 Å². The Kier molecular flexibility index (Phi) is 4.00. The molecule has 1 atom stereocenters. The van der Waals surface area contributed by atoms with Crippen LogP contribution in [0.1, 0.15) is 22.0 Å². The molecule has 5 heteroatoms. The summed E-state index contributed by atoms with van der Waals surface area (Å²) in [6, 6.07) is 14.5. The van der Waals surface area contributed by atoms with Gasteiger partial charge in [0.15, 0.2) is 0 Å². The highest BCUT2D eigenvalue weighted by Crippen LogP contribution is 2.14. The van der Waals surface area contributed by atoms with Gasteiger partial charge in [0.05, 0.1) is 0 Å². The number of nitrogens with two attached hydrogens (primary N) is 2. The lowest BCUT2D eigenvalue weighted by Gasteiger charge is -2.16. The van der Waals surface area contributed by atoms with Gasteiger partial charge in [-0.2, -0.15) is 0 Å². The molecule has 5 N–H and O–H groups in total. The van der Waals surface area contributed by atoms with Crippen molar-refractivity contribution in [2.45, 2.75) is 6.04 Å². The van der Waals surface area contributed by atoms with E-state index in [0.717, 1.165) is 0 Å². The summed E-state index contributed by atoms with van der Waals surface area (Å²) in [5.74, 6) is -1.02. The van der Waals surface area contributed by atoms with Crippen LogP contribution in [0.15, 0.2) is 54.6 Å². The molecule has 0 heterocycles. The summed E-state index contributed by atoms with van der Waals surface area (Å²) >= 11 is 0. The summed E-state index contributed by atoms with van der Waals surface area (Å²) in [6.07, 6.45) is 0. The largest absolute Gasteiger partial charge is 0.399 e. The van der Waals surface area contributed by atoms with Gasteiger partial charge in [0.25, 0.3) is 5.91 Å². The minimum Gasteiger partial charge on any atom is -0.399 e. The number of carbonyl (C=O) groups is 2. The summed E-state index contributed by atoms with van der Waals surface area (Å²) in [5, 5.41) is 2.61. The third-order valence-corrected chi connectivity index (χ3v) is 2.84. The van der Waals surface area contributed by atoms with Gasteiger partial charge in [-0.05, 0) is 23.8 Å². The van der Waals surface area contributed by atoms with Crippen molar-refractivity contribution in [3.63, 3.8) is 0 Å². The van der Waals surface area contributed by atoms with Crippen LogP contribution in [0, 0.1) is 0 Å². The Balaban J connectivity index is 2.21. The molecule has 0 aliphatic heterocycles. The predicted octanol–water partition coefficient (Wildman–Crippen LogP) is 1.23. The molecule has 0 bridgehead atoms. The molecule has 20 heavy (non-hydrogen) atoms. The van der Waals surface area contributed by atoms with Crippen LogP contribution in [-0.2, 0) is 4.79 Å². The fraction of sp³-hybridized carbons (Fsp3) is 0.0667. The van der Waals surface area contributed by atoms with Crippen LogP contribution in [0.5, 0.6) is 0 Å². The van der Waals surface area contributed by atoms with Crippen molar-refractivity contribution in [3.05, 3.63) is 65.7 Å². The fourth-order valence-corrected chi connectivity index (χ4v) is 1.86. The van der Waals surface area contributed by atoms with Crippen LogP contribution in [0.3, 0.4) is 0 Å². The van der Waals surface area contributed by atoms with Gasteiger partial charge in [-0.25, -0.2) is 0 Å². The number of hydrogen-bond donors (Lipinski definition) is 3. The van der Waals surface area contributed by atoms with E-state index in [2.05, 4.69) is 5.32 Å². The van der Waals surface area contributed by atoms with E-state index < -0.39 is 17.9 Å². The zero-order chi connectivity index (χ0) is 14.5. The Morgan fingerprint density at radius 3 is 2.30 bits per heavy atom. The Morgan fingerprint density at radius 2 is 1.70 bits per heavy atom. The summed E-state index contributed by atoms with van der Waals surface area (Å²) < 4.78 is 0. The number of primary amides is 1. The van der Waals surface area contributed by atoms with Gasteiger partial charge >= 0.3 is 0 Å². The van der Waals surface area contributed by atoms with Gasteiger partial charge in [0, 0.05) is 11.3 Å². The highest BCUT2D eigenvalue weighted by Gasteiger charge is 2.20. The lowest BCUT2D eigenvalue weighted by molar-refractivity contribution is -0.120. The molecule has 2 amide bonds. The Labute approximate surface area is 116 Å². The van der Waals surface area contributed by atoms with Crippen LogP contribution in [0.4, 0.5) is 5.69 Å². The molecule has 0 aliphatic rings. The SMILES string of the molecule is NC(=O)C(NC(=O)c1cccc(N)c1)c1ccccc1. The molecule has 0 spiro atoms. The second-order valence-corrected chi connectivity index (χ2v) is 4.34. The van der Waals surface area contributed by atoms with Crippen LogP contribution in [0.25, 0.3) is 0 Å². The van der Waals surface area contributed by atoms with E-state index in [-0.39, 0.29) is 0 Å². The predicted molar refractivity (Wildman–Crippen MR) is 76.7 cm³/mol. The maximum absolute atomic E-state index is 12.1. The standard InChI is InChI=1S/C15H15N3O2/c16-12-8-4-7-11(9-12)15(20)18-13(14(17)19)10-5-2-1-3-6-10/h1-9,13H,16H2,(H2,17,19)(H,18,20). The molecule has 0 radical (unpaired) electrons. The third-order valence-electron chi connectivity index (χ3n) is 2.84. The molecule has 0 saturated carbocycles. The zero-order valence-electron chi connectivity index (χ0n) is 10.7. The van der Waals surface area contributed by atoms with Gasteiger partial charge < -0.3 is 16.8 Å². The van der Waals surface area contributed by atoms with Crippen molar-refractivity contribution < 1.29 is 9.59 Å². The van der Waals surface area contributed by atoms with E-state index in [1.54, 1.807) is 48.5 Å². The summed E-state index contributed by atoms with van der Waals surface area (Å²) in [7, 11) is 0. The Morgan fingerprint density at radius 1 is 1.00 bits per heavy atom. The molecule has 0 fully saturated rings. The molecule has 5 nitrogen and oxygen atoms in total. The molecule has 1 unspecified atom stereocenters. The second kappa shape index (κ2) is 5.88. The summed E-state index contributed by atoms with van der Waals surface area (Å²) in [6.45, 7) is 0. The van der Waals surface area contributed by atoms with Gasteiger partial charge in [0.2, 0.25) is 5.91 Å². The van der Waals surface area contributed by atoms with E-state index in [0.29, 0.717) is 16.8 Å². The first-order valence-electron chi connectivity index (χ1n) is 6.08. The van der Waals surface area contributed by atoms with Gasteiger partial charge in [-0.15, -0.1) is 0 Å². The molecule has 2 aromatic rings. The molecule has 0 aromatic heterocycles. The number of benzene rings is 2. The maximum atomic E-state index is 12.1. The highest BCUT2D eigenvalue weighted by molar-refractivity contribution is 5.98. The summed E-state index contributed by atoms with van der Waals surface area (Å²) in [5.41, 5.74) is 12.5. The maximum Gasteiger partial charge on any atom is 0.252 e. The molecule has 0 saturated heterocycles. The topological polar surface area (TPSA) is 98.2 Å². The minimum atomic E-state index is -0.870. The molecule has 0 aliphatic carbocycles. The normalized spacial score (nSPS) is 11.6. The van der Waals surface area contributed by atoms with E-state index >= 15 is 0 Å². The molecule has 2 rings (SSSR count). The zero-order valence-corrected chi connectivity index (χ0v) is 10.7. The van der Waals surface area contributed by atoms with Gasteiger partial charge in [0.1, 0.15) is 6.04 Å². The average molecular weight is 269 g/mol. The van der Waals surface area contributed by atoms with Gasteiger partial charge in [-0.1, -0.05) is 36.4 Å². The van der Waals surface area contributed by atoms with E-state index in [4.69, 9.17) is 11.5 Å². The van der Waals surface area contributed by atoms with Crippen LogP contribution >= 0.6 is 0 Å². The molecular formula is C15H15N3O2. The second-order valence-electron chi connectivity index (χ2n) is 4.34. The number of carbonyl (C=O) groups excluding carboxylic acids is 2. The quantitative estimate of drug-likeness (QED) is 0.728. The number of nitrogens with one attached hydrogen (secondary N) is 1. The van der Waals surface area contributed by atoms with Crippen molar-refractivity contribution in [3.8, 4) is 0 Å². The minimum absolute atomic E-state index is 0.382. The van der Waals surface area contributed by atoms with E-state index in [1.165, 1.54) is 0 Å². The van der Waals surface area contributed by atoms with Gasteiger partial charge in [-0.3, -0.25) is 9.59 Å². The van der Waals surface area contributed by atoms with Crippen molar-refractivity contribution >= 4 is 17.5 Å². The fourth-order valence-electron chi connectivity index (χ4n) is 1.86. The van der Waals surface area contributed by atoms with Crippen molar-refractivity contribution in [2.24, 2.45) is 5.73 Å². The Hall–Kier alpha value is -2.82. The number of rotatable bonds is 4. The lowest BCUT2D eigenvalue weighted by atomic mass is 10.1. The average Bonchev–Trinajstić information content (AvgIpc) is 2.45. The number of nitrogen functional groups attached to an aromatic ring is 1. The van der Waals surface area contributed by atoms with E-state index in [1.807, 2.05) is 6.07 Å². The van der Waals surface area contributed by atoms with Crippen LogP contribution < -0.4 is 16.8 Å². The van der Waals surface area contributed by atoms with Crippen molar-refractivity contribution in [2.75, 3.05) is 5.73 Å². The molecule has 102 valence electrons. The van der Waals surface area contributed by atoms with Crippen LogP contribution in [-0.4, -0.2) is 11.8 Å². The van der Waals surface area contributed by atoms with E-state index in [9.17, 15) is 9.59 Å². The highest BCUT2D eigenvalue weighted by atomic mass is 16.2. The number of amides is 2. The number of hydrogen-bond acceptors (Lipinski definition) is 3. The lowest BCUT2D eigenvalue weighted by Crippen LogP contribution is -2.37. The summed E-state index contributed by atoms with van der Waals surface area (Å²) in [4.78, 5) is 23.6. The monoisotopic (exact) mass is 269 g/mol. The van der Waals surface area contributed by atoms with Crippen molar-refractivity contribution in [1.82, 2.24) is 5.32 Å². The first-order chi connectivity index (χ1) is 9.58. The number of anilines is 1.